The lowest BCUT2D eigenvalue weighted by molar-refractivity contribution is 0.102. The van der Waals surface area contributed by atoms with Crippen LogP contribution < -0.4 is 5.32 Å². The molecule has 7 heteroatoms. The van der Waals surface area contributed by atoms with Gasteiger partial charge in [0.1, 0.15) is 12.7 Å². The molecular weight excluding hydrogens is 352 g/mol. The summed E-state index contributed by atoms with van der Waals surface area (Å²) >= 11 is 0. The van der Waals surface area contributed by atoms with Gasteiger partial charge in [0.15, 0.2) is 5.82 Å². The summed E-state index contributed by atoms with van der Waals surface area (Å²) in [5, 5.41) is 6.95. The average Bonchev–Trinajstić information content (AvgIpc) is 3.34. The van der Waals surface area contributed by atoms with Gasteiger partial charge in [0.05, 0.1) is 17.4 Å². The quantitative estimate of drug-likeness (QED) is 0.583. The number of anilines is 1. The Bertz CT molecular complexity index is 1080. The molecule has 0 unspecified atom stereocenters. The molecule has 7 nitrogen and oxygen atoms in total. The van der Waals surface area contributed by atoms with Crippen LogP contribution >= 0.6 is 0 Å². The van der Waals surface area contributed by atoms with Gasteiger partial charge in [0, 0.05) is 17.9 Å². The van der Waals surface area contributed by atoms with Crippen LogP contribution in [0.4, 0.5) is 5.69 Å². The van der Waals surface area contributed by atoms with E-state index in [0.717, 1.165) is 17.9 Å². The SMILES string of the molecule is Cc1cc(C(=O)Nc2ccc(-n3cncn3)nc2)c(C)n1Cc1ccccc1. The predicted octanol–water partition coefficient (Wildman–Crippen LogP) is 3.38. The third-order valence-electron chi connectivity index (χ3n) is 4.66. The van der Waals surface area contributed by atoms with Crippen LogP contribution in [0.1, 0.15) is 27.3 Å². The summed E-state index contributed by atoms with van der Waals surface area (Å²) in [6.45, 7) is 4.72. The van der Waals surface area contributed by atoms with E-state index in [-0.39, 0.29) is 5.91 Å². The van der Waals surface area contributed by atoms with Crippen LogP contribution in [0.15, 0.2) is 67.4 Å². The molecule has 1 amide bonds. The number of aromatic nitrogens is 5. The molecule has 3 heterocycles. The van der Waals surface area contributed by atoms with Crippen molar-refractivity contribution in [3.05, 3.63) is 89.9 Å². The Labute approximate surface area is 162 Å². The fourth-order valence-corrected chi connectivity index (χ4v) is 3.16. The van der Waals surface area contributed by atoms with Crippen LogP contribution in [0.3, 0.4) is 0 Å². The van der Waals surface area contributed by atoms with E-state index in [1.54, 1.807) is 29.3 Å². The lowest BCUT2D eigenvalue weighted by Gasteiger charge is -2.10. The number of nitrogens with one attached hydrogen (secondary N) is 1. The van der Waals surface area contributed by atoms with Crippen molar-refractivity contribution in [1.29, 1.82) is 0 Å². The summed E-state index contributed by atoms with van der Waals surface area (Å²) in [6.07, 6.45) is 4.63. The zero-order valence-corrected chi connectivity index (χ0v) is 15.7. The van der Waals surface area contributed by atoms with E-state index in [1.165, 1.54) is 11.9 Å². The van der Waals surface area contributed by atoms with E-state index in [1.807, 2.05) is 38.1 Å². The van der Waals surface area contributed by atoms with Crippen molar-refractivity contribution in [2.45, 2.75) is 20.4 Å². The number of nitrogens with zero attached hydrogens (tertiary/aromatic N) is 5. The normalized spacial score (nSPS) is 10.8. The molecule has 0 aliphatic rings. The Kier molecular flexibility index (Phi) is 4.72. The van der Waals surface area contributed by atoms with Crippen molar-refractivity contribution in [1.82, 2.24) is 24.3 Å². The van der Waals surface area contributed by atoms with Gasteiger partial charge in [-0.15, -0.1) is 0 Å². The minimum absolute atomic E-state index is 0.150. The molecule has 0 bridgehead atoms. The molecule has 1 N–H and O–H groups in total. The zero-order valence-electron chi connectivity index (χ0n) is 15.7. The minimum Gasteiger partial charge on any atom is -0.344 e. The Hall–Kier alpha value is -3.74. The van der Waals surface area contributed by atoms with Crippen molar-refractivity contribution in [2.75, 3.05) is 5.32 Å². The van der Waals surface area contributed by atoms with Gasteiger partial charge in [0.25, 0.3) is 5.91 Å². The van der Waals surface area contributed by atoms with Crippen molar-refractivity contribution in [3.8, 4) is 5.82 Å². The maximum atomic E-state index is 12.8. The van der Waals surface area contributed by atoms with Crippen LogP contribution in [0, 0.1) is 13.8 Å². The smallest absolute Gasteiger partial charge is 0.257 e. The first kappa shape index (κ1) is 17.7. The summed E-state index contributed by atoms with van der Waals surface area (Å²) in [6, 6.07) is 15.7. The Balaban J connectivity index is 1.51. The number of hydrogen-bond acceptors (Lipinski definition) is 4. The third kappa shape index (κ3) is 3.55. The molecule has 0 aliphatic heterocycles. The zero-order chi connectivity index (χ0) is 19.5. The molecule has 0 aliphatic carbocycles. The largest absolute Gasteiger partial charge is 0.344 e. The molecule has 0 radical (unpaired) electrons. The van der Waals surface area contributed by atoms with E-state index < -0.39 is 0 Å². The lowest BCUT2D eigenvalue weighted by Crippen LogP contribution is -2.14. The first-order valence-electron chi connectivity index (χ1n) is 8.95. The number of rotatable bonds is 5. The molecule has 28 heavy (non-hydrogen) atoms. The van der Waals surface area contributed by atoms with E-state index >= 15 is 0 Å². The molecular formula is C21H20N6O. The van der Waals surface area contributed by atoms with Gasteiger partial charge in [-0.2, -0.15) is 5.10 Å². The monoisotopic (exact) mass is 372 g/mol. The molecule has 3 aromatic heterocycles. The van der Waals surface area contributed by atoms with Crippen LogP contribution in [-0.4, -0.2) is 30.2 Å². The van der Waals surface area contributed by atoms with E-state index in [0.29, 0.717) is 17.1 Å². The van der Waals surface area contributed by atoms with Crippen LogP contribution in [-0.2, 0) is 6.54 Å². The van der Waals surface area contributed by atoms with Crippen molar-refractivity contribution in [2.24, 2.45) is 0 Å². The summed E-state index contributed by atoms with van der Waals surface area (Å²) in [5.41, 5.74) is 4.47. The van der Waals surface area contributed by atoms with E-state index in [2.05, 4.69) is 37.1 Å². The van der Waals surface area contributed by atoms with E-state index in [4.69, 9.17) is 0 Å². The van der Waals surface area contributed by atoms with Gasteiger partial charge in [-0.25, -0.2) is 14.6 Å². The second-order valence-electron chi connectivity index (χ2n) is 6.56. The van der Waals surface area contributed by atoms with Gasteiger partial charge >= 0.3 is 0 Å². The van der Waals surface area contributed by atoms with Crippen LogP contribution in [0.5, 0.6) is 0 Å². The molecule has 0 spiro atoms. The highest BCUT2D eigenvalue weighted by atomic mass is 16.1. The molecule has 1 aromatic carbocycles. The minimum atomic E-state index is -0.150. The molecule has 0 saturated heterocycles. The molecule has 140 valence electrons. The maximum absolute atomic E-state index is 12.8. The molecule has 0 fully saturated rings. The van der Waals surface area contributed by atoms with Gasteiger partial charge in [-0.05, 0) is 37.6 Å². The van der Waals surface area contributed by atoms with Crippen LogP contribution in [0.25, 0.3) is 5.82 Å². The first-order chi connectivity index (χ1) is 13.6. The average molecular weight is 372 g/mol. The Morgan fingerprint density at radius 3 is 2.61 bits per heavy atom. The molecule has 0 saturated carbocycles. The van der Waals surface area contributed by atoms with Gasteiger partial charge in [0.2, 0.25) is 0 Å². The van der Waals surface area contributed by atoms with Crippen molar-refractivity contribution in [3.63, 3.8) is 0 Å². The fourth-order valence-electron chi connectivity index (χ4n) is 3.16. The topological polar surface area (TPSA) is 77.6 Å². The fraction of sp³-hybridized carbons (Fsp3) is 0.143. The third-order valence-corrected chi connectivity index (χ3v) is 4.66. The number of benzene rings is 1. The molecule has 4 aromatic rings. The summed E-state index contributed by atoms with van der Waals surface area (Å²) in [7, 11) is 0. The standard InChI is InChI=1S/C21H20N6O/c1-15-10-19(16(2)26(15)12-17-6-4-3-5-7-17)21(28)25-18-8-9-20(23-11-18)27-14-22-13-24-27/h3-11,13-14H,12H2,1-2H3,(H,25,28). The number of hydrogen-bond donors (Lipinski definition) is 1. The summed E-state index contributed by atoms with van der Waals surface area (Å²) in [5.74, 6) is 0.485. The highest BCUT2D eigenvalue weighted by Crippen LogP contribution is 2.19. The predicted molar refractivity (Wildman–Crippen MR) is 107 cm³/mol. The summed E-state index contributed by atoms with van der Waals surface area (Å²) in [4.78, 5) is 21.0. The Morgan fingerprint density at radius 1 is 1.11 bits per heavy atom. The van der Waals surface area contributed by atoms with Gasteiger partial charge in [-0.3, -0.25) is 4.79 Å². The highest BCUT2D eigenvalue weighted by Gasteiger charge is 2.16. The lowest BCUT2D eigenvalue weighted by atomic mass is 10.2. The molecule has 4 rings (SSSR count). The summed E-state index contributed by atoms with van der Waals surface area (Å²) < 4.78 is 3.71. The highest BCUT2D eigenvalue weighted by molar-refractivity contribution is 6.05. The maximum Gasteiger partial charge on any atom is 0.257 e. The van der Waals surface area contributed by atoms with Gasteiger partial charge < -0.3 is 9.88 Å². The number of amides is 1. The van der Waals surface area contributed by atoms with E-state index in [9.17, 15) is 4.79 Å². The second kappa shape index (κ2) is 7.48. The second-order valence-corrected chi connectivity index (χ2v) is 6.56. The van der Waals surface area contributed by atoms with Crippen LogP contribution in [0.2, 0.25) is 0 Å². The number of pyridine rings is 1. The molecule has 0 atom stereocenters. The number of carbonyl (C=O) groups excluding carboxylic acids is 1. The number of carbonyl (C=O) groups is 1. The van der Waals surface area contributed by atoms with Crippen molar-refractivity contribution >= 4 is 11.6 Å². The number of aryl methyl sites for hydroxylation is 1. The van der Waals surface area contributed by atoms with Gasteiger partial charge in [-0.1, -0.05) is 30.3 Å². The van der Waals surface area contributed by atoms with Crippen molar-refractivity contribution < 1.29 is 4.79 Å². The Morgan fingerprint density at radius 2 is 1.93 bits per heavy atom. The first-order valence-corrected chi connectivity index (χ1v) is 8.95.